The maximum Gasteiger partial charge on any atom is 0.170 e. The van der Waals surface area contributed by atoms with Crippen LogP contribution in [0.1, 0.15) is 11.1 Å². The van der Waals surface area contributed by atoms with Gasteiger partial charge in [-0.2, -0.15) is 5.10 Å². The van der Waals surface area contributed by atoms with E-state index in [-0.39, 0.29) is 5.84 Å². The van der Waals surface area contributed by atoms with Gasteiger partial charge in [0.05, 0.1) is 0 Å². The first-order valence-corrected chi connectivity index (χ1v) is 5.49. The Kier molecular flexibility index (Phi) is 3.47. The van der Waals surface area contributed by atoms with Crippen molar-refractivity contribution in [3.8, 4) is 0 Å². The molecule has 0 amide bonds. The summed E-state index contributed by atoms with van der Waals surface area (Å²) in [5.74, 6) is 0.918. The minimum Gasteiger partial charge on any atom is -0.409 e. The van der Waals surface area contributed by atoms with Gasteiger partial charge in [0.2, 0.25) is 0 Å². The summed E-state index contributed by atoms with van der Waals surface area (Å²) in [6.07, 6.45) is 1.87. The quantitative estimate of drug-likeness (QED) is 0.326. The molecule has 2 aromatic rings. The van der Waals surface area contributed by atoms with Gasteiger partial charge in [0.1, 0.15) is 5.82 Å². The predicted octanol–water partition coefficient (Wildman–Crippen LogP) is 1.13. The van der Waals surface area contributed by atoms with Crippen LogP contribution in [0.5, 0.6) is 0 Å². The van der Waals surface area contributed by atoms with Crippen molar-refractivity contribution >= 4 is 11.7 Å². The maximum absolute atomic E-state index is 8.62. The molecule has 0 unspecified atom stereocenters. The van der Waals surface area contributed by atoms with Crippen molar-refractivity contribution in [3.05, 3.63) is 47.7 Å². The first-order chi connectivity index (χ1) is 8.69. The van der Waals surface area contributed by atoms with Crippen LogP contribution in [0, 0.1) is 0 Å². The molecule has 1 aromatic carbocycles. The number of rotatable bonds is 4. The molecule has 18 heavy (non-hydrogen) atoms. The monoisotopic (exact) mass is 245 g/mol. The predicted molar refractivity (Wildman–Crippen MR) is 69.5 cm³/mol. The van der Waals surface area contributed by atoms with Gasteiger partial charge < -0.3 is 16.3 Å². The number of amidine groups is 1. The highest BCUT2D eigenvalue weighted by Gasteiger charge is 2.01. The van der Waals surface area contributed by atoms with Crippen molar-refractivity contribution in [2.45, 2.75) is 6.54 Å². The van der Waals surface area contributed by atoms with Crippen LogP contribution in [-0.4, -0.2) is 20.8 Å². The van der Waals surface area contributed by atoms with Crippen LogP contribution >= 0.6 is 0 Å². The molecule has 0 saturated heterocycles. The van der Waals surface area contributed by atoms with E-state index in [0.29, 0.717) is 12.1 Å². The van der Waals surface area contributed by atoms with E-state index in [9.17, 15) is 0 Å². The average molecular weight is 245 g/mol. The van der Waals surface area contributed by atoms with Gasteiger partial charge in [0.25, 0.3) is 0 Å². The third kappa shape index (κ3) is 2.79. The van der Waals surface area contributed by atoms with Gasteiger partial charge in [0, 0.05) is 31.4 Å². The van der Waals surface area contributed by atoms with Crippen LogP contribution in [0.2, 0.25) is 0 Å². The fraction of sp³-hybridized carbons (Fsp3) is 0.167. The summed E-state index contributed by atoms with van der Waals surface area (Å²) in [5.41, 5.74) is 7.26. The van der Waals surface area contributed by atoms with Crippen LogP contribution in [0.4, 0.5) is 5.82 Å². The molecule has 0 spiro atoms. The molecule has 4 N–H and O–H groups in total. The number of nitrogens with one attached hydrogen (secondary N) is 1. The second kappa shape index (κ2) is 5.22. The normalized spacial score (nSPS) is 11.5. The van der Waals surface area contributed by atoms with E-state index in [1.165, 1.54) is 0 Å². The zero-order valence-corrected chi connectivity index (χ0v) is 10.0. The SMILES string of the molecule is Cn1ccc(NCc2cccc(C(N)=NO)c2)n1. The average Bonchev–Trinajstić information content (AvgIpc) is 2.81. The summed E-state index contributed by atoms with van der Waals surface area (Å²) in [6, 6.07) is 9.38. The minimum atomic E-state index is 0.106. The highest BCUT2D eigenvalue weighted by atomic mass is 16.4. The molecule has 94 valence electrons. The van der Waals surface area contributed by atoms with E-state index in [0.717, 1.165) is 11.4 Å². The van der Waals surface area contributed by atoms with Crippen molar-refractivity contribution in [2.75, 3.05) is 5.32 Å². The molecule has 0 fully saturated rings. The number of aryl methyl sites for hydroxylation is 1. The summed E-state index contributed by atoms with van der Waals surface area (Å²) in [5, 5.41) is 19.0. The maximum atomic E-state index is 8.62. The summed E-state index contributed by atoms with van der Waals surface area (Å²) in [4.78, 5) is 0. The van der Waals surface area contributed by atoms with Crippen LogP contribution < -0.4 is 11.1 Å². The highest BCUT2D eigenvalue weighted by Crippen LogP contribution is 2.08. The van der Waals surface area contributed by atoms with E-state index < -0.39 is 0 Å². The Labute approximate surface area is 105 Å². The third-order valence-corrected chi connectivity index (χ3v) is 2.52. The molecule has 0 saturated carbocycles. The van der Waals surface area contributed by atoms with Crippen LogP contribution in [0.15, 0.2) is 41.7 Å². The number of aromatic nitrogens is 2. The number of anilines is 1. The van der Waals surface area contributed by atoms with Gasteiger partial charge >= 0.3 is 0 Å². The van der Waals surface area contributed by atoms with Crippen LogP contribution in [0.3, 0.4) is 0 Å². The Bertz CT molecular complexity index is 561. The van der Waals surface area contributed by atoms with Crippen molar-refractivity contribution < 1.29 is 5.21 Å². The zero-order valence-electron chi connectivity index (χ0n) is 10.0. The Morgan fingerprint density at radius 3 is 3.00 bits per heavy atom. The largest absolute Gasteiger partial charge is 0.409 e. The summed E-state index contributed by atoms with van der Waals surface area (Å²) >= 11 is 0. The van der Waals surface area contributed by atoms with Crippen molar-refractivity contribution in [1.82, 2.24) is 9.78 Å². The first-order valence-electron chi connectivity index (χ1n) is 5.49. The van der Waals surface area contributed by atoms with Gasteiger partial charge in [-0.1, -0.05) is 23.4 Å². The van der Waals surface area contributed by atoms with Gasteiger partial charge in [-0.25, -0.2) is 0 Å². The van der Waals surface area contributed by atoms with E-state index in [1.54, 1.807) is 10.7 Å². The Balaban J connectivity index is 2.05. The molecule has 0 bridgehead atoms. The minimum absolute atomic E-state index is 0.106. The lowest BCUT2D eigenvalue weighted by Gasteiger charge is -2.05. The molecular formula is C12H15N5O. The second-order valence-electron chi connectivity index (χ2n) is 3.91. The lowest BCUT2D eigenvalue weighted by Crippen LogP contribution is -2.13. The molecule has 2 rings (SSSR count). The van der Waals surface area contributed by atoms with E-state index in [1.807, 2.05) is 37.5 Å². The fourth-order valence-corrected chi connectivity index (χ4v) is 1.60. The zero-order chi connectivity index (χ0) is 13.0. The van der Waals surface area contributed by atoms with Crippen molar-refractivity contribution in [3.63, 3.8) is 0 Å². The summed E-state index contributed by atoms with van der Waals surface area (Å²) < 4.78 is 1.73. The first kappa shape index (κ1) is 12.0. The number of hydrogen-bond acceptors (Lipinski definition) is 4. The molecule has 0 atom stereocenters. The third-order valence-electron chi connectivity index (χ3n) is 2.52. The van der Waals surface area contributed by atoms with Crippen molar-refractivity contribution in [1.29, 1.82) is 0 Å². The molecule has 1 aromatic heterocycles. The Morgan fingerprint density at radius 1 is 1.50 bits per heavy atom. The summed E-state index contributed by atoms with van der Waals surface area (Å²) in [7, 11) is 1.87. The lowest BCUT2D eigenvalue weighted by atomic mass is 10.1. The number of hydrogen-bond donors (Lipinski definition) is 3. The van der Waals surface area contributed by atoms with Gasteiger partial charge in [-0.15, -0.1) is 0 Å². The van der Waals surface area contributed by atoms with Gasteiger partial charge in [-0.3, -0.25) is 4.68 Å². The van der Waals surface area contributed by atoms with E-state index >= 15 is 0 Å². The molecule has 0 radical (unpaired) electrons. The Hall–Kier alpha value is -2.50. The number of benzene rings is 1. The van der Waals surface area contributed by atoms with Gasteiger partial charge in [0.15, 0.2) is 5.84 Å². The standard InChI is InChI=1S/C12H15N5O/c1-17-6-5-11(15-17)14-8-9-3-2-4-10(7-9)12(13)16-18/h2-7,18H,8H2,1H3,(H2,13,16)(H,14,15). The second-order valence-corrected chi connectivity index (χ2v) is 3.91. The Morgan fingerprint density at radius 2 is 2.33 bits per heavy atom. The molecule has 0 aliphatic rings. The summed E-state index contributed by atoms with van der Waals surface area (Å²) in [6.45, 7) is 0.629. The molecule has 6 nitrogen and oxygen atoms in total. The fourth-order valence-electron chi connectivity index (χ4n) is 1.60. The molecule has 1 heterocycles. The van der Waals surface area contributed by atoms with Crippen LogP contribution in [-0.2, 0) is 13.6 Å². The topological polar surface area (TPSA) is 88.5 Å². The number of oxime groups is 1. The molecule has 0 aliphatic carbocycles. The van der Waals surface area contributed by atoms with E-state index in [4.69, 9.17) is 10.9 Å². The highest BCUT2D eigenvalue weighted by molar-refractivity contribution is 5.97. The van der Waals surface area contributed by atoms with Crippen LogP contribution in [0.25, 0.3) is 0 Å². The molecule has 6 heteroatoms. The number of nitrogens with zero attached hydrogens (tertiary/aromatic N) is 3. The molecular weight excluding hydrogens is 230 g/mol. The smallest absolute Gasteiger partial charge is 0.170 e. The lowest BCUT2D eigenvalue weighted by molar-refractivity contribution is 0.318. The van der Waals surface area contributed by atoms with E-state index in [2.05, 4.69) is 15.6 Å². The van der Waals surface area contributed by atoms with Gasteiger partial charge in [-0.05, 0) is 11.6 Å². The van der Waals surface area contributed by atoms with Crippen molar-refractivity contribution in [2.24, 2.45) is 17.9 Å². The number of nitrogens with two attached hydrogens (primary N) is 1. The molecule has 0 aliphatic heterocycles.